The standard InChI is InChI=1S/C13H21N3O3/c1-4-6-15-9-11(8-14-15)13(19)16(10(2)3)7-5-12(17)18/h8-10H,4-7H2,1-3H3,(H,17,18). The smallest absolute Gasteiger partial charge is 0.305 e. The number of carbonyl (C=O) groups excluding carboxylic acids is 1. The molecule has 6 heteroatoms. The van der Waals surface area contributed by atoms with E-state index in [1.807, 2.05) is 20.8 Å². The molecule has 6 nitrogen and oxygen atoms in total. The Morgan fingerprint density at radius 3 is 2.68 bits per heavy atom. The highest BCUT2D eigenvalue weighted by Gasteiger charge is 2.20. The summed E-state index contributed by atoms with van der Waals surface area (Å²) in [5.41, 5.74) is 0.507. The maximum Gasteiger partial charge on any atom is 0.305 e. The van der Waals surface area contributed by atoms with Crippen molar-refractivity contribution in [1.82, 2.24) is 14.7 Å². The van der Waals surface area contributed by atoms with E-state index in [0.29, 0.717) is 5.56 Å². The molecule has 1 amide bonds. The van der Waals surface area contributed by atoms with Crippen molar-refractivity contribution in [2.75, 3.05) is 6.54 Å². The van der Waals surface area contributed by atoms with Gasteiger partial charge in [-0.2, -0.15) is 5.10 Å². The molecule has 1 aromatic heterocycles. The third-order valence-electron chi connectivity index (χ3n) is 2.78. The van der Waals surface area contributed by atoms with Crippen molar-refractivity contribution < 1.29 is 14.7 Å². The molecule has 0 aromatic carbocycles. The topological polar surface area (TPSA) is 75.4 Å². The zero-order valence-corrected chi connectivity index (χ0v) is 11.7. The lowest BCUT2D eigenvalue weighted by Crippen LogP contribution is -2.38. The van der Waals surface area contributed by atoms with Gasteiger partial charge >= 0.3 is 5.97 Å². The molecule has 1 aromatic rings. The summed E-state index contributed by atoms with van der Waals surface area (Å²) in [6, 6.07) is -0.0404. The summed E-state index contributed by atoms with van der Waals surface area (Å²) < 4.78 is 1.73. The quantitative estimate of drug-likeness (QED) is 0.814. The van der Waals surface area contributed by atoms with Crippen LogP contribution in [-0.4, -0.2) is 44.3 Å². The van der Waals surface area contributed by atoms with E-state index in [1.54, 1.807) is 15.8 Å². The van der Waals surface area contributed by atoms with E-state index in [0.717, 1.165) is 13.0 Å². The van der Waals surface area contributed by atoms with Crippen LogP contribution in [-0.2, 0) is 11.3 Å². The molecular weight excluding hydrogens is 246 g/mol. The highest BCUT2D eigenvalue weighted by atomic mass is 16.4. The Morgan fingerprint density at radius 1 is 1.47 bits per heavy atom. The van der Waals surface area contributed by atoms with E-state index in [9.17, 15) is 9.59 Å². The first-order valence-corrected chi connectivity index (χ1v) is 6.51. The maximum absolute atomic E-state index is 12.3. The van der Waals surface area contributed by atoms with Gasteiger partial charge in [-0.1, -0.05) is 6.92 Å². The summed E-state index contributed by atoms with van der Waals surface area (Å²) >= 11 is 0. The van der Waals surface area contributed by atoms with Crippen LogP contribution in [0.5, 0.6) is 0 Å². The van der Waals surface area contributed by atoms with Gasteiger partial charge < -0.3 is 10.0 Å². The molecule has 0 saturated heterocycles. The Bertz CT molecular complexity index is 440. The molecule has 0 spiro atoms. The van der Waals surface area contributed by atoms with Crippen LogP contribution in [0.3, 0.4) is 0 Å². The van der Waals surface area contributed by atoms with Crippen molar-refractivity contribution in [2.45, 2.75) is 46.2 Å². The van der Waals surface area contributed by atoms with E-state index in [4.69, 9.17) is 5.11 Å². The maximum atomic E-state index is 12.3. The van der Waals surface area contributed by atoms with Gasteiger partial charge in [0.15, 0.2) is 0 Å². The molecule has 0 aliphatic rings. The second kappa shape index (κ2) is 6.92. The predicted octanol–water partition coefficient (Wildman–Crippen LogP) is 1.62. The van der Waals surface area contributed by atoms with E-state index < -0.39 is 5.97 Å². The zero-order chi connectivity index (χ0) is 14.4. The highest BCUT2D eigenvalue weighted by molar-refractivity contribution is 5.94. The van der Waals surface area contributed by atoms with Crippen molar-refractivity contribution in [3.05, 3.63) is 18.0 Å². The average Bonchev–Trinajstić information content (AvgIpc) is 2.77. The number of nitrogens with zero attached hydrogens (tertiary/aromatic N) is 3. The van der Waals surface area contributed by atoms with Gasteiger partial charge in [0.05, 0.1) is 18.2 Å². The number of rotatable bonds is 7. The number of aromatic nitrogens is 2. The van der Waals surface area contributed by atoms with E-state index in [-0.39, 0.29) is 24.9 Å². The second-order valence-electron chi connectivity index (χ2n) is 4.73. The van der Waals surface area contributed by atoms with Gasteiger partial charge in [-0.25, -0.2) is 0 Å². The average molecular weight is 267 g/mol. The lowest BCUT2D eigenvalue weighted by molar-refractivity contribution is -0.137. The van der Waals surface area contributed by atoms with E-state index in [2.05, 4.69) is 5.10 Å². The molecule has 0 radical (unpaired) electrons. The lowest BCUT2D eigenvalue weighted by Gasteiger charge is -2.25. The fourth-order valence-corrected chi connectivity index (χ4v) is 1.80. The van der Waals surface area contributed by atoms with Gasteiger partial charge in [-0.05, 0) is 20.3 Å². The van der Waals surface area contributed by atoms with Crippen LogP contribution in [0.15, 0.2) is 12.4 Å². The number of carbonyl (C=O) groups is 2. The van der Waals surface area contributed by atoms with Crippen LogP contribution in [0, 0.1) is 0 Å². The summed E-state index contributed by atoms with van der Waals surface area (Å²) in [7, 11) is 0. The summed E-state index contributed by atoms with van der Waals surface area (Å²) in [4.78, 5) is 24.5. The van der Waals surface area contributed by atoms with Crippen LogP contribution in [0.1, 0.15) is 44.0 Å². The summed E-state index contributed by atoms with van der Waals surface area (Å²) in [5.74, 6) is -1.07. The van der Waals surface area contributed by atoms with E-state index in [1.165, 1.54) is 6.20 Å². The Labute approximate surface area is 113 Å². The van der Waals surface area contributed by atoms with Crippen molar-refractivity contribution >= 4 is 11.9 Å². The molecule has 0 bridgehead atoms. The first-order chi connectivity index (χ1) is 8.95. The second-order valence-corrected chi connectivity index (χ2v) is 4.73. The molecule has 1 N–H and O–H groups in total. The third kappa shape index (κ3) is 4.39. The molecule has 106 valence electrons. The monoisotopic (exact) mass is 267 g/mol. The van der Waals surface area contributed by atoms with Gasteiger partial charge in [0.2, 0.25) is 0 Å². The molecular formula is C13H21N3O3. The first-order valence-electron chi connectivity index (χ1n) is 6.51. The molecule has 1 heterocycles. The molecule has 0 aliphatic carbocycles. The minimum atomic E-state index is -0.903. The number of hydrogen-bond acceptors (Lipinski definition) is 3. The van der Waals surface area contributed by atoms with Crippen molar-refractivity contribution in [3.63, 3.8) is 0 Å². The van der Waals surface area contributed by atoms with Crippen molar-refractivity contribution in [1.29, 1.82) is 0 Å². The molecule has 1 rings (SSSR count). The molecule has 19 heavy (non-hydrogen) atoms. The minimum Gasteiger partial charge on any atom is -0.481 e. The summed E-state index contributed by atoms with van der Waals surface area (Å²) in [5, 5.41) is 12.8. The highest BCUT2D eigenvalue weighted by Crippen LogP contribution is 2.09. The number of hydrogen-bond donors (Lipinski definition) is 1. The van der Waals surface area contributed by atoms with Gasteiger partial charge in [-0.3, -0.25) is 14.3 Å². The van der Waals surface area contributed by atoms with Crippen LogP contribution in [0.4, 0.5) is 0 Å². The van der Waals surface area contributed by atoms with Crippen LogP contribution in [0.2, 0.25) is 0 Å². The number of aliphatic carboxylic acids is 1. The van der Waals surface area contributed by atoms with Crippen LogP contribution in [0.25, 0.3) is 0 Å². The molecule has 0 aliphatic heterocycles. The SMILES string of the molecule is CCCn1cc(C(=O)N(CCC(=O)O)C(C)C)cn1. The number of aryl methyl sites for hydroxylation is 1. The van der Waals surface area contributed by atoms with Gasteiger partial charge in [0, 0.05) is 25.3 Å². The molecule has 0 atom stereocenters. The summed E-state index contributed by atoms with van der Waals surface area (Å²) in [6.07, 6.45) is 4.14. The normalized spacial score (nSPS) is 10.7. The lowest BCUT2D eigenvalue weighted by atomic mass is 10.2. The van der Waals surface area contributed by atoms with E-state index >= 15 is 0 Å². The Morgan fingerprint density at radius 2 is 2.16 bits per heavy atom. The van der Waals surface area contributed by atoms with Gasteiger partial charge in [0.25, 0.3) is 5.91 Å². The first kappa shape index (κ1) is 15.2. The number of amides is 1. The largest absolute Gasteiger partial charge is 0.481 e. The fourth-order valence-electron chi connectivity index (χ4n) is 1.80. The van der Waals surface area contributed by atoms with Crippen LogP contribution >= 0.6 is 0 Å². The fraction of sp³-hybridized carbons (Fsp3) is 0.615. The molecule has 0 saturated carbocycles. The summed E-state index contributed by atoms with van der Waals surface area (Å²) in [6.45, 7) is 6.76. The van der Waals surface area contributed by atoms with Crippen molar-refractivity contribution in [3.8, 4) is 0 Å². The van der Waals surface area contributed by atoms with Gasteiger partial charge in [0.1, 0.15) is 0 Å². The Hall–Kier alpha value is -1.85. The Kier molecular flexibility index (Phi) is 5.54. The number of carboxylic acids is 1. The van der Waals surface area contributed by atoms with Crippen molar-refractivity contribution in [2.24, 2.45) is 0 Å². The number of carboxylic acid groups (broad SMARTS) is 1. The zero-order valence-electron chi connectivity index (χ0n) is 11.7. The molecule has 0 unspecified atom stereocenters. The predicted molar refractivity (Wildman–Crippen MR) is 70.9 cm³/mol. The third-order valence-corrected chi connectivity index (χ3v) is 2.78. The Balaban J connectivity index is 2.77. The molecule has 0 fully saturated rings. The van der Waals surface area contributed by atoms with Crippen LogP contribution < -0.4 is 0 Å². The minimum absolute atomic E-state index is 0.0404. The van der Waals surface area contributed by atoms with Gasteiger partial charge in [-0.15, -0.1) is 0 Å².